The van der Waals surface area contributed by atoms with Crippen molar-refractivity contribution in [2.75, 3.05) is 4.90 Å². The third kappa shape index (κ3) is 3.92. The number of nitrogens with zero attached hydrogens (tertiary/aromatic N) is 2. The van der Waals surface area contributed by atoms with Gasteiger partial charge in [0, 0.05) is 0 Å². The maximum atomic E-state index is 12.4. The molecule has 2 amide bonds. The van der Waals surface area contributed by atoms with Gasteiger partial charge in [0.2, 0.25) is 0 Å². The van der Waals surface area contributed by atoms with E-state index in [9.17, 15) is 9.59 Å². The number of anilines is 1. The van der Waals surface area contributed by atoms with Gasteiger partial charge < -0.3 is 9.47 Å². The molecule has 0 radical (unpaired) electrons. The Morgan fingerprint density at radius 3 is 2.22 bits per heavy atom. The number of imide groups is 1. The van der Waals surface area contributed by atoms with Crippen LogP contribution in [0.4, 0.5) is 14.6 Å². The molecule has 0 saturated heterocycles. The summed E-state index contributed by atoms with van der Waals surface area (Å²) in [5.41, 5.74) is 0.595. The van der Waals surface area contributed by atoms with Gasteiger partial charge in [-0.3, -0.25) is 0 Å². The molecule has 1 heterocycles. The monoisotopic (exact) mass is 356 g/mol. The van der Waals surface area contributed by atoms with Crippen LogP contribution < -0.4 is 4.90 Å². The fourth-order valence-electron chi connectivity index (χ4n) is 1.84. The normalized spacial score (nSPS) is 11.1. The first-order chi connectivity index (χ1) is 10.8. The van der Waals surface area contributed by atoms with Gasteiger partial charge in [-0.1, -0.05) is 17.7 Å². The van der Waals surface area contributed by atoms with E-state index in [-0.39, 0.29) is 17.2 Å². The molecule has 8 heteroatoms. The van der Waals surface area contributed by atoms with Crippen molar-refractivity contribution in [3.05, 3.63) is 23.2 Å². The predicted octanol–water partition coefficient (Wildman–Crippen LogP) is 4.85. The molecule has 1 aromatic heterocycles. The van der Waals surface area contributed by atoms with Crippen molar-refractivity contribution in [1.82, 2.24) is 4.37 Å². The van der Waals surface area contributed by atoms with E-state index in [1.54, 1.807) is 45.9 Å². The van der Waals surface area contributed by atoms with Crippen LogP contribution >= 0.6 is 23.1 Å². The quantitative estimate of drug-likeness (QED) is 0.786. The highest BCUT2D eigenvalue weighted by Crippen LogP contribution is 2.37. The van der Waals surface area contributed by atoms with Crippen LogP contribution in [0.25, 0.3) is 10.9 Å². The fourth-order valence-corrected chi connectivity index (χ4v) is 3.03. The maximum Gasteiger partial charge on any atom is 0.425 e. The molecule has 124 valence electrons. The highest BCUT2D eigenvalue weighted by molar-refractivity contribution is 7.12. The number of ether oxygens (including phenoxy) is 2. The third-order valence-corrected chi connectivity index (χ3v) is 3.84. The first-order valence-corrected chi connectivity index (χ1v) is 8.21. The number of halogens is 1. The van der Waals surface area contributed by atoms with Crippen molar-refractivity contribution in [1.29, 1.82) is 0 Å². The summed E-state index contributed by atoms with van der Waals surface area (Å²) in [6, 6.07) is 5.17. The summed E-state index contributed by atoms with van der Waals surface area (Å²) >= 11 is 7.19. The number of amides is 2. The zero-order valence-corrected chi connectivity index (χ0v) is 14.8. The van der Waals surface area contributed by atoms with Crippen molar-refractivity contribution < 1.29 is 19.1 Å². The van der Waals surface area contributed by atoms with Crippen LogP contribution in [0.1, 0.15) is 27.7 Å². The van der Waals surface area contributed by atoms with Crippen molar-refractivity contribution in [2.24, 2.45) is 0 Å². The molecule has 23 heavy (non-hydrogen) atoms. The molecule has 0 aliphatic carbocycles. The summed E-state index contributed by atoms with van der Waals surface area (Å²) in [4.78, 5) is 25.6. The lowest BCUT2D eigenvalue weighted by molar-refractivity contribution is 0.104. The molecule has 1 aromatic carbocycles. The Morgan fingerprint density at radius 2 is 1.70 bits per heavy atom. The molecule has 2 rings (SSSR count). The standard InChI is InChI=1S/C15H17ClN2O4S/c1-8(2)21-14(19)18(15(20)22-9(3)4)13-12-10(16)6-5-7-11(12)17-23-13/h5-9H,1-4H3. The topological polar surface area (TPSA) is 68.7 Å². The predicted molar refractivity (Wildman–Crippen MR) is 90.3 cm³/mol. The average molecular weight is 357 g/mol. The summed E-state index contributed by atoms with van der Waals surface area (Å²) in [6.07, 6.45) is -2.41. The Labute approximate surface area is 143 Å². The zero-order chi connectivity index (χ0) is 17.1. The molecule has 0 spiro atoms. The van der Waals surface area contributed by atoms with Gasteiger partial charge >= 0.3 is 12.2 Å². The van der Waals surface area contributed by atoms with Crippen LogP contribution in [-0.4, -0.2) is 28.8 Å². The van der Waals surface area contributed by atoms with Gasteiger partial charge in [-0.2, -0.15) is 9.27 Å². The van der Waals surface area contributed by atoms with E-state index < -0.39 is 12.2 Å². The molecule has 2 aromatic rings. The second kappa shape index (κ2) is 7.14. The second-order valence-electron chi connectivity index (χ2n) is 5.32. The molecule has 0 bridgehead atoms. The minimum Gasteiger partial charge on any atom is -0.446 e. The van der Waals surface area contributed by atoms with E-state index in [2.05, 4.69) is 4.37 Å². The molecule has 0 fully saturated rings. The SMILES string of the molecule is CC(C)OC(=O)N(C(=O)OC(C)C)c1snc2cccc(Cl)c12. The first kappa shape index (κ1) is 17.5. The van der Waals surface area contributed by atoms with Gasteiger partial charge in [-0.05, 0) is 51.4 Å². The number of aromatic nitrogens is 1. The number of rotatable bonds is 3. The minimum atomic E-state index is -0.823. The lowest BCUT2D eigenvalue weighted by atomic mass is 10.2. The summed E-state index contributed by atoms with van der Waals surface area (Å²) in [5, 5.41) is 1.19. The molecule has 0 unspecified atom stereocenters. The number of carbonyl (C=O) groups excluding carboxylic acids is 2. The Morgan fingerprint density at radius 1 is 1.13 bits per heavy atom. The van der Waals surface area contributed by atoms with Gasteiger partial charge in [0.05, 0.1) is 28.1 Å². The molecule has 0 aliphatic heterocycles. The van der Waals surface area contributed by atoms with E-state index in [1.807, 2.05) is 0 Å². The zero-order valence-electron chi connectivity index (χ0n) is 13.2. The first-order valence-electron chi connectivity index (χ1n) is 7.06. The number of benzene rings is 1. The number of hydrogen-bond donors (Lipinski definition) is 0. The number of carbonyl (C=O) groups is 2. The van der Waals surface area contributed by atoms with E-state index in [4.69, 9.17) is 21.1 Å². The van der Waals surface area contributed by atoms with E-state index >= 15 is 0 Å². The Balaban J connectivity index is 2.51. The summed E-state index contributed by atoms with van der Waals surface area (Å²) in [5.74, 6) is 0. The van der Waals surface area contributed by atoms with Gasteiger partial charge in [0.1, 0.15) is 5.00 Å². The summed E-state index contributed by atoms with van der Waals surface area (Å²) < 4.78 is 14.5. The maximum absolute atomic E-state index is 12.4. The number of hydrogen-bond acceptors (Lipinski definition) is 6. The Kier molecular flexibility index (Phi) is 5.43. The van der Waals surface area contributed by atoms with Gasteiger partial charge in [0.15, 0.2) is 0 Å². The van der Waals surface area contributed by atoms with E-state index in [0.717, 1.165) is 16.4 Å². The Hall–Kier alpha value is -1.86. The van der Waals surface area contributed by atoms with Crippen LogP contribution in [0.3, 0.4) is 0 Å². The van der Waals surface area contributed by atoms with Gasteiger partial charge in [0.25, 0.3) is 0 Å². The van der Waals surface area contributed by atoms with Crippen LogP contribution in [0.5, 0.6) is 0 Å². The second-order valence-corrected chi connectivity index (χ2v) is 6.48. The highest BCUT2D eigenvalue weighted by Gasteiger charge is 2.32. The molecule has 0 aliphatic rings. The van der Waals surface area contributed by atoms with Crippen LogP contribution in [-0.2, 0) is 9.47 Å². The molecule has 0 atom stereocenters. The molecular weight excluding hydrogens is 340 g/mol. The average Bonchev–Trinajstić information content (AvgIpc) is 2.82. The summed E-state index contributed by atoms with van der Waals surface area (Å²) in [7, 11) is 0. The molecule has 0 saturated carbocycles. The van der Waals surface area contributed by atoms with Crippen LogP contribution in [0, 0.1) is 0 Å². The smallest absolute Gasteiger partial charge is 0.425 e. The van der Waals surface area contributed by atoms with Crippen molar-refractivity contribution in [3.63, 3.8) is 0 Å². The van der Waals surface area contributed by atoms with Gasteiger partial charge in [-0.25, -0.2) is 9.59 Å². The molecular formula is C15H17ClN2O4S. The minimum absolute atomic E-state index is 0.280. The summed E-state index contributed by atoms with van der Waals surface area (Å²) in [6.45, 7) is 6.78. The lowest BCUT2D eigenvalue weighted by Crippen LogP contribution is -2.39. The van der Waals surface area contributed by atoms with Crippen molar-refractivity contribution in [2.45, 2.75) is 39.9 Å². The molecule has 0 N–H and O–H groups in total. The largest absolute Gasteiger partial charge is 0.446 e. The lowest BCUT2D eigenvalue weighted by Gasteiger charge is -2.21. The van der Waals surface area contributed by atoms with Crippen LogP contribution in [0.2, 0.25) is 5.02 Å². The van der Waals surface area contributed by atoms with Crippen molar-refractivity contribution >= 4 is 51.2 Å². The van der Waals surface area contributed by atoms with E-state index in [0.29, 0.717) is 15.9 Å². The van der Waals surface area contributed by atoms with E-state index in [1.165, 1.54) is 0 Å². The van der Waals surface area contributed by atoms with Crippen LogP contribution in [0.15, 0.2) is 18.2 Å². The molecule has 6 nitrogen and oxygen atoms in total. The Bertz CT molecular complexity index is 707. The van der Waals surface area contributed by atoms with Crippen molar-refractivity contribution in [3.8, 4) is 0 Å². The fraction of sp³-hybridized carbons (Fsp3) is 0.400. The highest BCUT2D eigenvalue weighted by atomic mass is 35.5. The number of fused-ring (bicyclic) bond motifs is 1. The third-order valence-electron chi connectivity index (χ3n) is 2.68. The van der Waals surface area contributed by atoms with Gasteiger partial charge in [-0.15, -0.1) is 0 Å².